The van der Waals surface area contributed by atoms with Gasteiger partial charge in [-0.1, -0.05) is 6.92 Å². The van der Waals surface area contributed by atoms with Crippen molar-refractivity contribution in [2.45, 2.75) is 19.5 Å². The van der Waals surface area contributed by atoms with Crippen LogP contribution in [0.1, 0.15) is 13.3 Å². The second-order valence-electron chi connectivity index (χ2n) is 1.79. The molecule has 0 amide bonds. The maximum atomic E-state index is 12.0. The molecule has 1 unspecified atom stereocenters. The smallest absolute Gasteiger partial charge is 0.343 e. The minimum Gasteiger partial charge on any atom is -0.463 e. The predicted molar refractivity (Wildman–Crippen MR) is 32.1 cm³/mol. The Balaban J connectivity index is 3.42. The molecule has 0 N–H and O–H groups in total. The Hall–Kier alpha value is -0.670. The van der Waals surface area contributed by atoms with Gasteiger partial charge in [0.2, 0.25) is 6.17 Å². The van der Waals surface area contributed by atoms with Crippen molar-refractivity contribution in [2.24, 2.45) is 0 Å². The first-order valence-corrected chi connectivity index (χ1v) is 3.09. The van der Waals surface area contributed by atoms with Gasteiger partial charge in [-0.2, -0.15) is 0 Å². The lowest BCUT2D eigenvalue weighted by Gasteiger charge is -2.02. The summed E-state index contributed by atoms with van der Waals surface area (Å²) in [6.45, 7) is 0.623. The Kier molecular flexibility index (Phi) is 4.80. The standard InChI is InChI=1S/C6H10F2O2/c1-2-3-10-6(9)5(8)4-7/h5H,2-4H2,1H3. The summed E-state index contributed by atoms with van der Waals surface area (Å²) in [5.74, 6) is -1.11. The van der Waals surface area contributed by atoms with Crippen molar-refractivity contribution in [1.82, 2.24) is 0 Å². The van der Waals surface area contributed by atoms with Gasteiger partial charge < -0.3 is 4.74 Å². The van der Waals surface area contributed by atoms with Gasteiger partial charge >= 0.3 is 5.97 Å². The van der Waals surface area contributed by atoms with E-state index in [9.17, 15) is 13.6 Å². The van der Waals surface area contributed by atoms with E-state index in [4.69, 9.17) is 0 Å². The SMILES string of the molecule is CCCOC(=O)C(F)CF. The summed E-state index contributed by atoms with van der Waals surface area (Å²) in [4.78, 5) is 10.3. The predicted octanol–water partition coefficient (Wildman–Crippen LogP) is 1.25. The quantitative estimate of drug-likeness (QED) is 0.566. The highest BCUT2D eigenvalue weighted by atomic mass is 19.2. The fraction of sp³-hybridized carbons (Fsp3) is 0.833. The van der Waals surface area contributed by atoms with Crippen LogP contribution in [0.3, 0.4) is 0 Å². The van der Waals surface area contributed by atoms with Gasteiger partial charge in [0.05, 0.1) is 6.61 Å². The first kappa shape index (κ1) is 9.33. The zero-order chi connectivity index (χ0) is 7.98. The number of carbonyl (C=O) groups excluding carboxylic acids is 1. The molecule has 0 bridgehead atoms. The van der Waals surface area contributed by atoms with Gasteiger partial charge in [-0.15, -0.1) is 0 Å². The molecule has 0 heterocycles. The molecule has 0 spiro atoms. The average Bonchev–Trinajstić information content (AvgIpc) is 1.98. The van der Waals surface area contributed by atoms with E-state index >= 15 is 0 Å². The summed E-state index contributed by atoms with van der Waals surface area (Å²) in [6, 6.07) is 0. The molecule has 0 fully saturated rings. The third-order valence-corrected chi connectivity index (χ3v) is 0.840. The summed E-state index contributed by atoms with van der Waals surface area (Å²) in [5, 5.41) is 0. The number of hydrogen-bond acceptors (Lipinski definition) is 2. The number of hydrogen-bond donors (Lipinski definition) is 0. The van der Waals surface area contributed by atoms with Crippen LogP contribution >= 0.6 is 0 Å². The fourth-order valence-corrected chi connectivity index (χ4v) is 0.356. The molecular weight excluding hydrogens is 142 g/mol. The third kappa shape index (κ3) is 3.37. The van der Waals surface area contributed by atoms with Crippen LogP contribution in [0.25, 0.3) is 0 Å². The molecular formula is C6H10F2O2. The Morgan fingerprint density at radius 2 is 2.30 bits per heavy atom. The van der Waals surface area contributed by atoms with Gasteiger partial charge in [0.1, 0.15) is 6.67 Å². The highest BCUT2D eigenvalue weighted by molar-refractivity contribution is 5.74. The number of carbonyl (C=O) groups is 1. The van der Waals surface area contributed by atoms with E-state index in [1.807, 2.05) is 0 Å². The van der Waals surface area contributed by atoms with Crippen LogP contribution in [0.5, 0.6) is 0 Å². The van der Waals surface area contributed by atoms with Crippen molar-refractivity contribution < 1.29 is 18.3 Å². The summed E-state index contributed by atoms with van der Waals surface area (Å²) < 4.78 is 27.7. The van der Waals surface area contributed by atoms with Crippen LogP contribution in [-0.4, -0.2) is 25.4 Å². The van der Waals surface area contributed by atoms with Crippen molar-refractivity contribution in [3.8, 4) is 0 Å². The second-order valence-corrected chi connectivity index (χ2v) is 1.79. The molecule has 0 aromatic heterocycles. The monoisotopic (exact) mass is 152 g/mol. The topological polar surface area (TPSA) is 26.3 Å². The summed E-state index contributed by atoms with van der Waals surface area (Å²) in [6.07, 6.45) is -1.49. The molecule has 0 aromatic carbocycles. The number of alkyl halides is 2. The van der Waals surface area contributed by atoms with Crippen molar-refractivity contribution >= 4 is 5.97 Å². The first-order valence-electron chi connectivity index (χ1n) is 3.09. The Morgan fingerprint density at radius 3 is 2.70 bits per heavy atom. The van der Waals surface area contributed by atoms with Crippen LogP contribution in [0.4, 0.5) is 8.78 Å². The largest absolute Gasteiger partial charge is 0.463 e. The zero-order valence-electron chi connectivity index (χ0n) is 5.77. The van der Waals surface area contributed by atoms with Gasteiger partial charge in [-0.05, 0) is 6.42 Å². The molecule has 0 saturated heterocycles. The normalized spacial score (nSPS) is 12.7. The van der Waals surface area contributed by atoms with E-state index < -0.39 is 18.8 Å². The van der Waals surface area contributed by atoms with Gasteiger partial charge in [-0.3, -0.25) is 0 Å². The molecule has 0 aromatic rings. The highest BCUT2D eigenvalue weighted by Crippen LogP contribution is 1.95. The van der Waals surface area contributed by atoms with E-state index in [0.29, 0.717) is 6.42 Å². The van der Waals surface area contributed by atoms with Crippen molar-refractivity contribution in [3.05, 3.63) is 0 Å². The number of rotatable bonds is 4. The number of ether oxygens (including phenoxy) is 1. The van der Waals surface area contributed by atoms with Crippen molar-refractivity contribution in [1.29, 1.82) is 0 Å². The number of halogens is 2. The molecule has 1 atom stereocenters. The molecule has 0 saturated carbocycles. The zero-order valence-corrected chi connectivity index (χ0v) is 5.77. The molecule has 0 radical (unpaired) electrons. The van der Waals surface area contributed by atoms with Gasteiger partial charge in [0.15, 0.2) is 0 Å². The first-order chi connectivity index (χ1) is 4.72. The van der Waals surface area contributed by atoms with Crippen LogP contribution in [-0.2, 0) is 9.53 Å². The number of esters is 1. The van der Waals surface area contributed by atoms with Crippen LogP contribution < -0.4 is 0 Å². The lowest BCUT2D eigenvalue weighted by Crippen LogP contribution is -2.20. The molecule has 0 aliphatic carbocycles. The summed E-state index contributed by atoms with van der Waals surface area (Å²) in [7, 11) is 0. The summed E-state index contributed by atoms with van der Waals surface area (Å²) >= 11 is 0. The maximum absolute atomic E-state index is 12.0. The van der Waals surface area contributed by atoms with Gasteiger partial charge in [0, 0.05) is 0 Å². The molecule has 0 rings (SSSR count). The molecule has 60 valence electrons. The molecule has 4 heteroatoms. The average molecular weight is 152 g/mol. The van der Waals surface area contributed by atoms with E-state index in [0.717, 1.165) is 0 Å². The molecule has 2 nitrogen and oxygen atoms in total. The third-order valence-electron chi connectivity index (χ3n) is 0.840. The van der Waals surface area contributed by atoms with E-state index in [1.54, 1.807) is 6.92 Å². The molecule has 10 heavy (non-hydrogen) atoms. The Labute approximate surface area is 58.2 Å². The summed E-state index contributed by atoms with van der Waals surface area (Å²) in [5.41, 5.74) is 0. The minimum atomic E-state index is -2.11. The van der Waals surface area contributed by atoms with Gasteiger partial charge in [-0.25, -0.2) is 13.6 Å². The van der Waals surface area contributed by atoms with Crippen LogP contribution in [0, 0.1) is 0 Å². The lowest BCUT2D eigenvalue weighted by atomic mass is 10.4. The molecule has 0 aliphatic heterocycles. The lowest BCUT2D eigenvalue weighted by molar-refractivity contribution is -0.150. The van der Waals surface area contributed by atoms with E-state index in [1.165, 1.54) is 0 Å². The Morgan fingerprint density at radius 1 is 1.70 bits per heavy atom. The van der Waals surface area contributed by atoms with Crippen molar-refractivity contribution in [3.63, 3.8) is 0 Å². The van der Waals surface area contributed by atoms with E-state index in [-0.39, 0.29) is 6.61 Å². The van der Waals surface area contributed by atoms with Gasteiger partial charge in [0.25, 0.3) is 0 Å². The fourth-order valence-electron chi connectivity index (χ4n) is 0.356. The van der Waals surface area contributed by atoms with E-state index in [2.05, 4.69) is 4.74 Å². The highest BCUT2D eigenvalue weighted by Gasteiger charge is 2.17. The Bertz CT molecular complexity index is 106. The van der Waals surface area contributed by atoms with Crippen LogP contribution in [0.15, 0.2) is 0 Å². The maximum Gasteiger partial charge on any atom is 0.343 e. The van der Waals surface area contributed by atoms with Crippen LogP contribution in [0.2, 0.25) is 0 Å². The minimum absolute atomic E-state index is 0.152. The molecule has 0 aliphatic rings. The second kappa shape index (κ2) is 5.14. The van der Waals surface area contributed by atoms with Crippen molar-refractivity contribution in [2.75, 3.05) is 13.3 Å².